The van der Waals surface area contributed by atoms with Gasteiger partial charge < -0.3 is 14.8 Å². The van der Waals surface area contributed by atoms with E-state index in [1.54, 1.807) is 18.2 Å². The highest BCUT2D eigenvalue weighted by molar-refractivity contribution is 7.92. The zero-order valence-corrected chi connectivity index (χ0v) is 21.8. The van der Waals surface area contributed by atoms with Crippen molar-refractivity contribution in [3.8, 4) is 11.5 Å². The molecule has 0 aromatic heterocycles. The first kappa shape index (κ1) is 26.8. The van der Waals surface area contributed by atoms with Gasteiger partial charge in [0, 0.05) is 17.4 Å². The Morgan fingerprint density at radius 1 is 0.861 bits per heavy atom. The Bertz CT molecular complexity index is 1460. The molecule has 3 rings (SSSR count). The average Bonchev–Trinajstić information content (AvgIpc) is 2.81. The molecule has 3 aromatic carbocycles. The van der Waals surface area contributed by atoms with E-state index >= 15 is 0 Å². The van der Waals surface area contributed by atoms with Crippen molar-refractivity contribution < 1.29 is 31.1 Å². The summed E-state index contributed by atoms with van der Waals surface area (Å²) in [7, 11) is -4.79. The first-order valence-electron chi connectivity index (χ1n) is 10.6. The van der Waals surface area contributed by atoms with Gasteiger partial charge in [0.1, 0.15) is 6.54 Å². The standard InChI is InChI=1S/C24H27N3O7S2/c1-17-6-5-7-19(14-17)26-36(31,32)21-11-8-18(9-12-21)25-24(28)16-27(35(4,29)30)20-10-13-22(33-2)23(15-20)34-3/h5-15,26H,16H2,1-4H3,(H,25,28). The zero-order chi connectivity index (χ0) is 26.5. The number of carbonyl (C=O) groups is 1. The molecular formula is C24H27N3O7S2. The fourth-order valence-electron chi connectivity index (χ4n) is 3.35. The number of nitrogens with zero attached hydrogens (tertiary/aromatic N) is 1. The van der Waals surface area contributed by atoms with E-state index < -0.39 is 32.5 Å². The lowest BCUT2D eigenvalue weighted by Gasteiger charge is -2.23. The van der Waals surface area contributed by atoms with E-state index in [4.69, 9.17) is 9.47 Å². The molecule has 0 aliphatic carbocycles. The third-order valence-corrected chi connectivity index (χ3v) is 7.60. The Morgan fingerprint density at radius 3 is 2.11 bits per heavy atom. The molecule has 0 saturated carbocycles. The summed E-state index contributed by atoms with van der Waals surface area (Å²) in [6.45, 7) is 1.34. The summed E-state index contributed by atoms with van der Waals surface area (Å²) in [6, 6.07) is 17.0. The van der Waals surface area contributed by atoms with Crippen LogP contribution >= 0.6 is 0 Å². The second-order valence-corrected chi connectivity index (χ2v) is 11.4. The van der Waals surface area contributed by atoms with E-state index in [0.717, 1.165) is 16.1 Å². The SMILES string of the molecule is COc1ccc(N(CC(=O)Nc2ccc(S(=O)(=O)Nc3cccc(C)c3)cc2)S(C)(=O)=O)cc1OC. The van der Waals surface area contributed by atoms with Crippen molar-refractivity contribution in [3.63, 3.8) is 0 Å². The molecule has 1 amide bonds. The predicted octanol–water partition coefficient (Wildman–Crippen LogP) is 3.22. The quantitative estimate of drug-likeness (QED) is 0.409. The lowest BCUT2D eigenvalue weighted by atomic mass is 10.2. The number of aryl methyl sites for hydroxylation is 1. The van der Waals surface area contributed by atoms with Crippen molar-refractivity contribution in [3.05, 3.63) is 72.3 Å². The monoisotopic (exact) mass is 533 g/mol. The van der Waals surface area contributed by atoms with Crippen molar-refractivity contribution in [1.29, 1.82) is 0 Å². The molecule has 0 saturated heterocycles. The molecule has 2 N–H and O–H groups in total. The minimum Gasteiger partial charge on any atom is -0.493 e. The van der Waals surface area contributed by atoms with Crippen molar-refractivity contribution in [2.45, 2.75) is 11.8 Å². The van der Waals surface area contributed by atoms with Crippen LogP contribution in [0, 0.1) is 6.92 Å². The van der Waals surface area contributed by atoms with Crippen LogP contribution in [0.15, 0.2) is 71.6 Å². The van der Waals surface area contributed by atoms with Gasteiger partial charge in [-0.05, 0) is 61.0 Å². The van der Waals surface area contributed by atoms with Gasteiger partial charge >= 0.3 is 0 Å². The molecule has 0 heterocycles. The number of benzene rings is 3. The topological polar surface area (TPSA) is 131 Å². The van der Waals surface area contributed by atoms with Gasteiger partial charge in [-0.2, -0.15) is 0 Å². The number of hydrogen-bond acceptors (Lipinski definition) is 7. The summed E-state index contributed by atoms with van der Waals surface area (Å²) in [5, 5.41) is 2.59. The predicted molar refractivity (Wildman–Crippen MR) is 139 cm³/mol. The Balaban J connectivity index is 1.74. The van der Waals surface area contributed by atoms with Gasteiger partial charge in [0.25, 0.3) is 10.0 Å². The number of rotatable bonds is 10. The minimum atomic E-state index is -3.83. The van der Waals surface area contributed by atoms with E-state index in [9.17, 15) is 21.6 Å². The maximum atomic E-state index is 12.7. The molecule has 0 atom stereocenters. The van der Waals surface area contributed by atoms with E-state index in [0.29, 0.717) is 22.9 Å². The van der Waals surface area contributed by atoms with Crippen molar-refractivity contribution in [1.82, 2.24) is 0 Å². The second kappa shape index (κ2) is 10.9. The average molecular weight is 534 g/mol. The normalized spacial score (nSPS) is 11.4. The van der Waals surface area contributed by atoms with Crippen LogP contribution < -0.4 is 23.8 Å². The van der Waals surface area contributed by atoms with Crippen LogP contribution in [-0.4, -0.2) is 49.8 Å². The van der Waals surface area contributed by atoms with Crippen molar-refractivity contribution >= 4 is 43.0 Å². The molecule has 10 nitrogen and oxygen atoms in total. The fraction of sp³-hybridized carbons (Fsp3) is 0.208. The third-order valence-electron chi connectivity index (χ3n) is 5.06. The summed E-state index contributed by atoms with van der Waals surface area (Å²) in [5.41, 5.74) is 1.86. The molecule has 0 aliphatic heterocycles. The smallest absolute Gasteiger partial charge is 0.261 e. The molecular weight excluding hydrogens is 506 g/mol. The number of ether oxygens (including phenoxy) is 2. The number of methoxy groups -OCH3 is 2. The number of amides is 1. The highest BCUT2D eigenvalue weighted by Crippen LogP contribution is 2.32. The highest BCUT2D eigenvalue weighted by Gasteiger charge is 2.23. The van der Waals surface area contributed by atoms with Gasteiger partial charge in [-0.3, -0.25) is 13.8 Å². The number of hydrogen-bond donors (Lipinski definition) is 2. The maximum Gasteiger partial charge on any atom is 0.261 e. The lowest BCUT2D eigenvalue weighted by Crippen LogP contribution is -2.37. The van der Waals surface area contributed by atoms with Crippen LogP contribution in [0.1, 0.15) is 5.56 Å². The first-order chi connectivity index (χ1) is 16.9. The zero-order valence-electron chi connectivity index (χ0n) is 20.2. The van der Waals surface area contributed by atoms with Crippen LogP contribution in [0.4, 0.5) is 17.1 Å². The van der Waals surface area contributed by atoms with E-state index in [1.165, 1.54) is 56.7 Å². The van der Waals surface area contributed by atoms with Gasteiger partial charge in [-0.15, -0.1) is 0 Å². The summed E-state index contributed by atoms with van der Waals surface area (Å²) in [5.74, 6) is 0.0925. The van der Waals surface area contributed by atoms with Crippen LogP contribution in [0.25, 0.3) is 0 Å². The molecule has 0 fully saturated rings. The third kappa shape index (κ3) is 6.67. The van der Waals surface area contributed by atoms with Crippen LogP contribution in [0.3, 0.4) is 0 Å². The van der Waals surface area contributed by atoms with Crippen molar-refractivity contribution in [2.75, 3.05) is 41.4 Å². The van der Waals surface area contributed by atoms with Gasteiger partial charge in [0.2, 0.25) is 15.9 Å². The molecule has 0 bridgehead atoms. The van der Waals surface area contributed by atoms with Gasteiger partial charge in [0.15, 0.2) is 11.5 Å². The molecule has 12 heteroatoms. The Labute approximate surface area is 211 Å². The number of carbonyl (C=O) groups excluding carboxylic acids is 1. The van der Waals surface area contributed by atoms with Gasteiger partial charge in [0.05, 0.1) is 31.1 Å². The summed E-state index contributed by atoms with van der Waals surface area (Å²) >= 11 is 0. The Hall–Kier alpha value is -3.77. The van der Waals surface area contributed by atoms with E-state index in [1.807, 2.05) is 13.0 Å². The molecule has 36 heavy (non-hydrogen) atoms. The summed E-state index contributed by atoms with van der Waals surface area (Å²) in [4.78, 5) is 12.7. The number of sulfonamides is 2. The van der Waals surface area contributed by atoms with E-state index in [-0.39, 0.29) is 10.6 Å². The summed E-state index contributed by atoms with van der Waals surface area (Å²) in [6.07, 6.45) is 0.984. The largest absolute Gasteiger partial charge is 0.493 e. The molecule has 3 aromatic rings. The number of anilines is 3. The van der Waals surface area contributed by atoms with Gasteiger partial charge in [-0.25, -0.2) is 16.8 Å². The van der Waals surface area contributed by atoms with Crippen molar-refractivity contribution in [2.24, 2.45) is 0 Å². The Kier molecular flexibility index (Phi) is 8.10. The second-order valence-electron chi connectivity index (χ2n) is 7.86. The van der Waals surface area contributed by atoms with Crippen LogP contribution in [-0.2, 0) is 24.8 Å². The number of nitrogens with one attached hydrogen (secondary N) is 2. The van der Waals surface area contributed by atoms with Crippen LogP contribution in [0.5, 0.6) is 11.5 Å². The maximum absolute atomic E-state index is 12.7. The van der Waals surface area contributed by atoms with E-state index in [2.05, 4.69) is 10.0 Å². The molecule has 0 radical (unpaired) electrons. The first-order valence-corrected chi connectivity index (χ1v) is 14.0. The minimum absolute atomic E-state index is 0.00472. The molecule has 0 spiro atoms. The molecule has 192 valence electrons. The molecule has 0 aliphatic rings. The van der Waals surface area contributed by atoms with Crippen LogP contribution in [0.2, 0.25) is 0 Å². The highest BCUT2D eigenvalue weighted by atomic mass is 32.2. The fourth-order valence-corrected chi connectivity index (χ4v) is 5.25. The summed E-state index contributed by atoms with van der Waals surface area (Å²) < 4.78 is 64.0. The Morgan fingerprint density at radius 2 is 1.53 bits per heavy atom. The molecule has 0 unspecified atom stereocenters. The lowest BCUT2D eigenvalue weighted by molar-refractivity contribution is -0.114. The van der Waals surface area contributed by atoms with Gasteiger partial charge in [-0.1, -0.05) is 12.1 Å².